The van der Waals surface area contributed by atoms with E-state index in [1.54, 1.807) is 5.38 Å². The highest BCUT2D eigenvalue weighted by molar-refractivity contribution is 7.07. The molecule has 10 heteroatoms. The zero-order valence-electron chi connectivity index (χ0n) is 15.1. The van der Waals surface area contributed by atoms with Crippen molar-refractivity contribution < 1.29 is 32.3 Å². The van der Waals surface area contributed by atoms with Crippen LogP contribution in [-0.4, -0.2) is 29.3 Å². The first kappa shape index (κ1) is 21.2. The normalized spacial score (nSPS) is 11.0. The minimum atomic E-state index is -4.59. The van der Waals surface area contributed by atoms with E-state index in [-0.39, 0.29) is 16.8 Å². The Labute approximate surface area is 172 Å². The maximum absolute atomic E-state index is 12.7. The van der Waals surface area contributed by atoms with Crippen molar-refractivity contribution in [3.63, 3.8) is 0 Å². The van der Waals surface area contributed by atoms with Crippen molar-refractivity contribution >= 4 is 34.7 Å². The van der Waals surface area contributed by atoms with Crippen molar-refractivity contribution in [3.05, 3.63) is 81.8 Å². The maximum atomic E-state index is 12.7. The van der Waals surface area contributed by atoms with Gasteiger partial charge in [0.1, 0.15) is 5.69 Å². The molecule has 0 saturated carbocycles. The number of aromatic nitrogens is 1. The van der Waals surface area contributed by atoms with Gasteiger partial charge in [0.15, 0.2) is 12.4 Å². The first-order valence-corrected chi connectivity index (χ1v) is 9.35. The largest absolute Gasteiger partial charge is 0.454 e. The van der Waals surface area contributed by atoms with Crippen LogP contribution >= 0.6 is 11.3 Å². The number of anilines is 1. The van der Waals surface area contributed by atoms with E-state index in [0.717, 1.165) is 12.1 Å². The molecule has 30 heavy (non-hydrogen) atoms. The van der Waals surface area contributed by atoms with Crippen LogP contribution in [0.15, 0.2) is 59.4 Å². The zero-order chi connectivity index (χ0) is 21.7. The van der Waals surface area contributed by atoms with Crippen molar-refractivity contribution in [1.29, 1.82) is 0 Å². The summed E-state index contributed by atoms with van der Waals surface area (Å²) in [5.41, 5.74) is 1.14. The third-order valence-electron chi connectivity index (χ3n) is 3.89. The number of halogens is 3. The number of esters is 1. The molecule has 0 aliphatic carbocycles. The lowest BCUT2D eigenvalue weighted by atomic mass is 10.1. The molecule has 0 bridgehead atoms. The third-order valence-corrected chi connectivity index (χ3v) is 4.48. The molecule has 3 aromatic rings. The number of hydrogen-bond donors (Lipinski definition) is 1. The van der Waals surface area contributed by atoms with E-state index in [0.29, 0.717) is 11.8 Å². The average Bonchev–Trinajstić information content (AvgIpc) is 3.27. The van der Waals surface area contributed by atoms with Gasteiger partial charge in [0.25, 0.3) is 5.91 Å². The fraction of sp³-hybridized carbons (Fsp3) is 0.100. The van der Waals surface area contributed by atoms with Crippen LogP contribution in [0.2, 0.25) is 0 Å². The summed E-state index contributed by atoms with van der Waals surface area (Å²) in [4.78, 5) is 39.9. The molecule has 0 fully saturated rings. The Morgan fingerprint density at radius 1 is 1.03 bits per heavy atom. The topological polar surface area (TPSA) is 85.4 Å². The molecule has 1 N–H and O–H groups in total. The van der Waals surface area contributed by atoms with E-state index in [1.807, 2.05) is 0 Å². The van der Waals surface area contributed by atoms with Gasteiger partial charge in [-0.1, -0.05) is 6.07 Å². The lowest BCUT2D eigenvalue weighted by molar-refractivity contribution is -0.137. The number of alkyl halides is 3. The Morgan fingerprint density at radius 3 is 2.40 bits per heavy atom. The molecule has 0 aliphatic heterocycles. The quantitative estimate of drug-likeness (QED) is 0.458. The number of carbonyl (C=O) groups excluding carboxylic acids is 3. The van der Waals surface area contributed by atoms with E-state index in [4.69, 9.17) is 4.74 Å². The van der Waals surface area contributed by atoms with Gasteiger partial charge in [-0.05, 0) is 42.5 Å². The summed E-state index contributed by atoms with van der Waals surface area (Å²) < 4.78 is 43.0. The lowest BCUT2D eigenvalue weighted by Crippen LogP contribution is -2.15. The summed E-state index contributed by atoms with van der Waals surface area (Å²) in [6.07, 6.45) is -4.59. The highest BCUT2D eigenvalue weighted by Crippen LogP contribution is 2.29. The number of rotatable bonds is 6. The minimum absolute atomic E-state index is 0.207. The van der Waals surface area contributed by atoms with E-state index >= 15 is 0 Å². The first-order valence-electron chi connectivity index (χ1n) is 8.41. The van der Waals surface area contributed by atoms with Crippen molar-refractivity contribution in [2.24, 2.45) is 0 Å². The van der Waals surface area contributed by atoms with Gasteiger partial charge in [0.05, 0.1) is 16.6 Å². The summed E-state index contributed by atoms with van der Waals surface area (Å²) in [6.45, 7) is -0.639. The molecule has 0 unspecified atom stereocenters. The molecule has 3 rings (SSSR count). The molecule has 154 valence electrons. The Balaban J connectivity index is 1.57. The summed E-state index contributed by atoms with van der Waals surface area (Å²) in [6, 6.07) is 9.58. The number of amides is 1. The highest BCUT2D eigenvalue weighted by Gasteiger charge is 2.31. The van der Waals surface area contributed by atoms with Crippen molar-refractivity contribution in [2.45, 2.75) is 6.18 Å². The van der Waals surface area contributed by atoms with Crippen LogP contribution in [0.25, 0.3) is 0 Å². The molecule has 1 aromatic heterocycles. The number of hydrogen-bond acceptors (Lipinski definition) is 6. The Bertz CT molecular complexity index is 1060. The summed E-state index contributed by atoms with van der Waals surface area (Å²) in [7, 11) is 0. The summed E-state index contributed by atoms with van der Waals surface area (Å²) >= 11 is 1.28. The number of carbonyl (C=O) groups is 3. The Morgan fingerprint density at radius 2 is 1.77 bits per heavy atom. The third kappa shape index (κ3) is 5.29. The monoisotopic (exact) mass is 434 g/mol. The fourth-order valence-corrected chi connectivity index (χ4v) is 2.91. The Hall–Kier alpha value is -3.53. The minimum Gasteiger partial charge on any atom is -0.454 e. The standard InChI is InChI=1S/C20H13F3N2O4S/c21-20(22,23)14-3-1-2-13(8-14)19(28)29-9-17(26)12-4-6-15(7-5-12)25-18(27)16-10-30-11-24-16/h1-8,10-11H,9H2,(H,25,27). The molecule has 0 spiro atoms. The van der Waals surface area contributed by atoms with E-state index in [9.17, 15) is 27.6 Å². The van der Waals surface area contributed by atoms with Crippen molar-refractivity contribution in [1.82, 2.24) is 4.98 Å². The molecule has 1 amide bonds. The van der Waals surface area contributed by atoms with Crippen molar-refractivity contribution in [2.75, 3.05) is 11.9 Å². The smallest absolute Gasteiger partial charge is 0.416 e. The molecule has 0 aliphatic rings. The molecular weight excluding hydrogens is 421 g/mol. The second-order valence-corrected chi connectivity index (χ2v) is 6.70. The maximum Gasteiger partial charge on any atom is 0.416 e. The number of ketones is 1. The van der Waals surface area contributed by atoms with Crippen LogP contribution in [0.5, 0.6) is 0 Å². The summed E-state index contributed by atoms with van der Waals surface area (Å²) in [5, 5.41) is 4.21. The molecule has 0 saturated heterocycles. The van der Waals surface area contributed by atoms with Gasteiger partial charge in [-0.3, -0.25) is 9.59 Å². The molecule has 0 atom stereocenters. The SMILES string of the molecule is O=C(COC(=O)c1cccc(C(F)(F)F)c1)c1ccc(NC(=O)c2cscn2)cc1. The first-order chi connectivity index (χ1) is 14.2. The van der Waals surface area contributed by atoms with Gasteiger partial charge in [-0.15, -0.1) is 11.3 Å². The molecule has 6 nitrogen and oxygen atoms in total. The van der Waals surface area contributed by atoms with Crippen LogP contribution in [0, 0.1) is 0 Å². The second kappa shape index (κ2) is 8.87. The van der Waals surface area contributed by atoms with Crippen molar-refractivity contribution in [3.8, 4) is 0 Å². The zero-order valence-corrected chi connectivity index (χ0v) is 15.9. The molecule has 0 radical (unpaired) electrons. The highest BCUT2D eigenvalue weighted by atomic mass is 32.1. The van der Waals surface area contributed by atoms with Gasteiger partial charge in [0.2, 0.25) is 0 Å². The van der Waals surface area contributed by atoms with Gasteiger partial charge in [-0.2, -0.15) is 13.2 Å². The molecule has 1 heterocycles. The van der Waals surface area contributed by atoms with Gasteiger partial charge < -0.3 is 10.1 Å². The van der Waals surface area contributed by atoms with Crippen LogP contribution in [0.4, 0.5) is 18.9 Å². The second-order valence-electron chi connectivity index (χ2n) is 5.98. The fourth-order valence-electron chi connectivity index (χ4n) is 2.38. The number of nitrogens with zero attached hydrogens (tertiary/aromatic N) is 1. The lowest BCUT2D eigenvalue weighted by Gasteiger charge is -2.09. The number of nitrogens with one attached hydrogen (secondary N) is 1. The van der Waals surface area contributed by atoms with Gasteiger partial charge in [-0.25, -0.2) is 9.78 Å². The number of Topliss-reactive ketones (excluding diaryl/α,β-unsaturated/α-hetero) is 1. The van der Waals surface area contributed by atoms with Crippen LogP contribution in [-0.2, 0) is 10.9 Å². The van der Waals surface area contributed by atoms with E-state index in [1.165, 1.54) is 47.2 Å². The summed E-state index contributed by atoms with van der Waals surface area (Å²) in [5.74, 6) is -1.99. The van der Waals surface area contributed by atoms with Gasteiger partial charge in [0, 0.05) is 16.6 Å². The van der Waals surface area contributed by atoms with Crippen LogP contribution < -0.4 is 5.32 Å². The number of benzene rings is 2. The average molecular weight is 434 g/mol. The Kier molecular flexibility index (Phi) is 6.26. The molecular formula is C20H13F3N2O4S. The number of ether oxygens (including phenoxy) is 1. The van der Waals surface area contributed by atoms with Gasteiger partial charge >= 0.3 is 12.1 Å². The van der Waals surface area contributed by atoms with Crippen LogP contribution in [0.3, 0.4) is 0 Å². The molecule has 2 aromatic carbocycles. The van der Waals surface area contributed by atoms with E-state index in [2.05, 4.69) is 10.3 Å². The van der Waals surface area contributed by atoms with Crippen LogP contribution in [0.1, 0.15) is 36.8 Å². The van der Waals surface area contributed by atoms with E-state index < -0.39 is 36.0 Å². The predicted octanol–water partition coefficient (Wildman–Crippen LogP) is 4.45. The number of thiazole rings is 1. The predicted molar refractivity (Wildman–Crippen MR) is 103 cm³/mol.